The summed E-state index contributed by atoms with van der Waals surface area (Å²) in [4.78, 5) is 24.0. The number of fused-ring (bicyclic) bond motifs is 1. The Morgan fingerprint density at radius 3 is 2.75 bits per heavy atom. The van der Waals surface area contributed by atoms with Gasteiger partial charge in [0.1, 0.15) is 5.76 Å². The van der Waals surface area contributed by atoms with E-state index in [-0.39, 0.29) is 18.6 Å². The van der Waals surface area contributed by atoms with E-state index in [1.54, 1.807) is 24.5 Å². The number of aryl methyl sites for hydroxylation is 2. The molecular formula is C19H21NO4. The Kier molecular flexibility index (Phi) is 4.99. The van der Waals surface area contributed by atoms with Crippen LogP contribution in [0.3, 0.4) is 0 Å². The molecule has 1 atom stereocenters. The summed E-state index contributed by atoms with van der Waals surface area (Å²) in [7, 11) is 0. The number of benzene rings is 1. The van der Waals surface area contributed by atoms with E-state index in [0.29, 0.717) is 11.3 Å². The summed E-state index contributed by atoms with van der Waals surface area (Å²) in [5, 5.41) is 2.73. The molecule has 0 radical (unpaired) electrons. The highest BCUT2D eigenvalue weighted by Gasteiger charge is 2.16. The molecule has 0 saturated carbocycles. The largest absolute Gasteiger partial charge is 0.467 e. The summed E-state index contributed by atoms with van der Waals surface area (Å²) < 4.78 is 10.3. The molecule has 126 valence electrons. The molecule has 1 N–H and O–H groups in total. The van der Waals surface area contributed by atoms with Crippen molar-refractivity contribution in [1.82, 2.24) is 5.32 Å². The molecule has 1 aliphatic rings. The van der Waals surface area contributed by atoms with Crippen LogP contribution in [-0.2, 0) is 22.4 Å². The quantitative estimate of drug-likeness (QED) is 0.856. The van der Waals surface area contributed by atoms with Crippen LogP contribution in [0.25, 0.3) is 0 Å². The zero-order valence-corrected chi connectivity index (χ0v) is 13.7. The number of nitrogens with one attached hydrogen (secondary N) is 1. The molecule has 0 saturated heterocycles. The van der Waals surface area contributed by atoms with Crippen molar-refractivity contribution in [2.24, 2.45) is 0 Å². The topological polar surface area (TPSA) is 68.5 Å². The van der Waals surface area contributed by atoms with Crippen molar-refractivity contribution >= 4 is 11.9 Å². The first-order valence-corrected chi connectivity index (χ1v) is 8.25. The number of hydrogen-bond donors (Lipinski definition) is 1. The summed E-state index contributed by atoms with van der Waals surface area (Å²) in [5.74, 6) is -0.168. The minimum absolute atomic E-state index is 0.269. The van der Waals surface area contributed by atoms with Crippen molar-refractivity contribution < 1.29 is 18.7 Å². The van der Waals surface area contributed by atoms with Crippen LogP contribution < -0.4 is 5.32 Å². The van der Waals surface area contributed by atoms with Gasteiger partial charge in [0.2, 0.25) is 0 Å². The first kappa shape index (κ1) is 16.3. The Hall–Kier alpha value is -2.56. The van der Waals surface area contributed by atoms with E-state index in [4.69, 9.17) is 9.15 Å². The fourth-order valence-electron chi connectivity index (χ4n) is 2.97. The SMILES string of the molecule is C[C@@H](NC(=O)COC(=O)c1ccc2c(c1)CCCC2)c1ccco1. The van der Waals surface area contributed by atoms with Gasteiger partial charge in [-0.2, -0.15) is 0 Å². The average Bonchev–Trinajstić information content (AvgIpc) is 3.14. The molecule has 3 rings (SSSR count). The van der Waals surface area contributed by atoms with Gasteiger partial charge in [0.25, 0.3) is 5.91 Å². The Balaban J connectivity index is 1.52. The number of rotatable bonds is 5. The second kappa shape index (κ2) is 7.34. The van der Waals surface area contributed by atoms with Gasteiger partial charge in [-0.25, -0.2) is 4.79 Å². The minimum Gasteiger partial charge on any atom is -0.467 e. The van der Waals surface area contributed by atoms with Crippen LogP contribution in [0.15, 0.2) is 41.0 Å². The Bertz CT molecular complexity index is 721. The predicted octanol–water partition coefficient (Wildman–Crippen LogP) is 3.19. The highest BCUT2D eigenvalue weighted by atomic mass is 16.5. The van der Waals surface area contributed by atoms with Gasteiger partial charge in [-0.3, -0.25) is 4.79 Å². The number of esters is 1. The maximum Gasteiger partial charge on any atom is 0.338 e. The summed E-state index contributed by atoms with van der Waals surface area (Å²) >= 11 is 0. The highest BCUT2D eigenvalue weighted by Crippen LogP contribution is 2.22. The molecule has 1 heterocycles. The Morgan fingerprint density at radius 2 is 2.00 bits per heavy atom. The smallest absolute Gasteiger partial charge is 0.338 e. The van der Waals surface area contributed by atoms with E-state index in [0.717, 1.165) is 19.3 Å². The first-order chi connectivity index (χ1) is 11.6. The van der Waals surface area contributed by atoms with Crippen molar-refractivity contribution in [3.05, 3.63) is 59.0 Å². The monoisotopic (exact) mass is 327 g/mol. The summed E-state index contributed by atoms with van der Waals surface area (Å²) in [6.07, 6.45) is 5.97. The minimum atomic E-state index is -0.468. The van der Waals surface area contributed by atoms with Crippen LogP contribution in [0.5, 0.6) is 0 Å². The lowest BCUT2D eigenvalue weighted by Crippen LogP contribution is -2.31. The number of carbonyl (C=O) groups excluding carboxylic acids is 2. The van der Waals surface area contributed by atoms with E-state index in [1.807, 2.05) is 19.1 Å². The van der Waals surface area contributed by atoms with Crippen molar-refractivity contribution in [3.8, 4) is 0 Å². The second-order valence-electron chi connectivity index (χ2n) is 6.07. The third kappa shape index (κ3) is 3.85. The fourth-order valence-corrected chi connectivity index (χ4v) is 2.97. The lowest BCUT2D eigenvalue weighted by molar-refractivity contribution is -0.125. The Morgan fingerprint density at radius 1 is 1.21 bits per heavy atom. The zero-order valence-electron chi connectivity index (χ0n) is 13.7. The van der Waals surface area contributed by atoms with Gasteiger partial charge in [0.15, 0.2) is 6.61 Å². The molecule has 0 unspecified atom stereocenters. The number of hydrogen-bond acceptors (Lipinski definition) is 4. The van der Waals surface area contributed by atoms with Crippen molar-refractivity contribution in [1.29, 1.82) is 0 Å². The fraction of sp³-hybridized carbons (Fsp3) is 0.368. The van der Waals surface area contributed by atoms with Crippen LogP contribution in [0.4, 0.5) is 0 Å². The van der Waals surface area contributed by atoms with Crippen molar-refractivity contribution in [2.45, 2.75) is 38.6 Å². The molecule has 1 aliphatic carbocycles. The third-order valence-corrected chi connectivity index (χ3v) is 4.27. The zero-order chi connectivity index (χ0) is 16.9. The lowest BCUT2D eigenvalue weighted by Gasteiger charge is -2.16. The standard InChI is InChI=1S/C19H21NO4/c1-13(17-7-4-10-23-17)20-18(21)12-24-19(22)16-9-8-14-5-2-3-6-15(14)11-16/h4,7-11,13H,2-3,5-6,12H2,1H3,(H,20,21)/t13-/m1/s1. The summed E-state index contributed by atoms with van der Waals surface area (Å²) in [6, 6.07) is 8.92. The van der Waals surface area contributed by atoms with E-state index >= 15 is 0 Å². The molecule has 0 spiro atoms. The van der Waals surface area contributed by atoms with Gasteiger partial charge in [-0.1, -0.05) is 6.07 Å². The molecule has 5 nitrogen and oxygen atoms in total. The normalized spacial score (nSPS) is 14.5. The van der Waals surface area contributed by atoms with Gasteiger partial charge in [0.05, 0.1) is 17.9 Å². The lowest BCUT2D eigenvalue weighted by atomic mass is 9.90. The van der Waals surface area contributed by atoms with Gasteiger partial charge < -0.3 is 14.5 Å². The molecule has 5 heteroatoms. The van der Waals surface area contributed by atoms with E-state index < -0.39 is 5.97 Å². The molecular weight excluding hydrogens is 306 g/mol. The van der Waals surface area contributed by atoms with Crippen LogP contribution in [0, 0.1) is 0 Å². The number of amides is 1. The molecule has 1 amide bonds. The molecule has 0 aliphatic heterocycles. The molecule has 1 aromatic carbocycles. The van der Waals surface area contributed by atoms with Crippen LogP contribution in [0.1, 0.15) is 53.1 Å². The number of carbonyl (C=O) groups is 2. The van der Waals surface area contributed by atoms with Gasteiger partial charge >= 0.3 is 5.97 Å². The van der Waals surface area contributed by atoms with E-state index in [2.05, 4.69) is 5.32 Å². The number of furan rings is 1. The number of ether oxygens (including phenoxy) is 1. The van der Waals surface area contributed by atoms with Crippen LogP contribution in [-0.4, -0.2) is 18.5 Å². The molecule has 24 heavy (non-hydrogen) atoms. The van der Waals surface area contributed by atoms with Gasteiger partial charge in [-0.05, 0) is 68.0 Å². The van der Waals surface area contributed by atoms with E-state index in [9.17, 15) is 9.59 Å². The van der Waals surface area contributed by atoms with Gasteiger partial charge in [0, 0.05) is 0 Å². The van der Waals surface area contributed by atoms with Gasteiger partial charge in [-0.15, -0.1) is 0 Å². The molecule has 0 fully saturated rings. The van der Waals surface area contributed by atoms with Crippen molar-refractivity contribution in [3.63, 3.8) is 0 Å². The summed E-state index contributed by atoms with van der Waals surface area (Å²) in [6.45, 7) is 1.50. The van der Waals surface area contributed by atoms with E-state index in [1.165, 1.54) is 17.5 Å². The maximum absolute atomic E-state index is 12.1. The van der Waals surface area contributed by atoms with Crippen molar-refractivity contribution in [2.75, 3.05) is 6.61 Å². The Labute approximate surface area is 141 Å². The first-order valence-electron chi connectivity index (χ1n) is 8.25. The molecule has 1 aromatic heterocycles. The maximum atomic E-state index is 12.1. The highest BCUT2D eigenvalue weighted by molar-refractivity contribution is 5.91. The molecule has 0 bridgehead atoms. The van der Waals surface area contributed by atoms with Crippen LogP contribution >= 0.6 is 0 Å². The second-order valence-corrected chi connectivity index (χ2v) is 6.07. The average molecular weight is 327 g/mol. The third-order valence-electron chi connectivity index (χ3n) is 4.27. The molecule has 2 aromatic rings. The summed E-state index contributed by atoms with van der Waals surface area (Å²) in [5.41, 5.74) is 3.02. The van der Waals surface area contributed by atoms with Crippen LogP contribution in [0.2, 0.25) is 0 Å². The predicted molar refractivity (Wildman–Crippen MR) is 88.6 cm³/mol.